The first-order valence-electron chi connectivity index (χ1n) is 7.32. The van der Waals surface area contributed by atoms with E-state index in [0.29, 0.717) is 23.0 Å². The van der Waals surface area contributed by atoms with E-state index in [2.05, 4.69) is 4.98 Å². The van der Waals surface area contributed by atoms with Gasteiger partial charge in [-0.1, -0.05) is 17.4 Å². The van der Waals surface area contributed by atoms with E-state index in [4.69, 9.17) is 4.74 Å². The number of aromatic nitrogens is 1. The first kappa shape index (κ1) is 17.0. The smallest absolute Gasteiger partial charge is 0.365 e. The molecule has 1 amide bonds. The summed E-state index contributed by atoms with van der Waals surface area (Å²) in [5.74, 6) is -0.170. The van der Waals surface area contributed by atoms with Gasteiger partial charge in [0.2, 0.25) is 0 Å². The van der Waals surface area contributed by atoms with E-state index in [1.54, 1.807) is 25.1 Å². The van der Waals surface area contributed by atoms with Gasteiger partial charge in [-0.15, -0.1) is 0 Å². The van der Waals surface area contributed by atoms with E-state index >= 15 is 0 Å². The van der Waals surface area contributed by atoms with Crippen LogP contribution in [0.5, 0.6) is 0 Å². The van der Waals surface area contributed by atoms with Gasteiger partial charge in [0.25, 0.3) is 5.91 Å². The summed E-state index contributed by atoms with van der Waals surface area (Å²) < 4.78 is 45.3. The van der Waals surface area contributed by atoms with Crippen molar-refractivity contribution in [1.82, 2.24) is 9.88 Å². The van der Waals surface area contributed by atoms with E-state index in [1.807, 2.05) is 0 Å². The number of carbonyl (C=O) groups excluding carboxylic acids is 1. The molecule has 130 valence electrons. The number of anilines is 1. The lowest BCUT2D eigenvalue weighted by atomic mass is 10.2. The Bertz CT molecular complexity index is 760. The second-order valence-electron chi connectivity index (χ2n) is 5.68. The maximum Gasteiger partial charge on any atom is 0.418 e. The molecule has 0 radical (unpaired) electrons. The lowest BCUT2D eigenvalue weighted by molar-refractivity contribution is -0.141. The molecule has 2 heterocycles. The maximum absolute atomic E-state index is 13.1. The minimum atomic E-state index is -4.45. The van der Waals surface area contributed by atoms with Crippen molar-refractivity contribution in [2.75, 3.05) is 38.7 Å². The third-order valence-corrected chi connectivity index (χ3v) is 4.85. The second-order valence-corrected chi connectivity index (χ2v) is 6.69. The van der Waals surface area contributed by atoms with Crippen LogP contribution < -0.4 is 4.90 Å². The molecule has 1 aliphatic heterocycles. The fourth-order valence-corrected chi connectivity index (χ4v) is 3.59. The van der Waals surface area contributed by atoms with Crippen LogP contribution in [0, 0.1) is 0 Å². The van der Waals surface area contributed by atoms with Crippen molar-refractivity contribution >= 4 is 32.6 Å². The van der Waals surface area contributed by atoms with Crippen LogP contribution in [0.3, 0.4) is 0 Å². The molecule has 0 N–H and O–H groups in total. The number of halogens is 3. The third-order valence-electron chi connectivity index (χ3n) is 3.77. The maximum atomic E-state index is 13.1. The van der Waals surface area contributed by atoms with Gasteiger partial charge in [-0.05, 0) is 12.1 Å². The van der Waals surface area contributed by atoms with Gasteiger partial charge < -0.3 is 14.5 Å². The van der Waals surface area contributed by atoms with Gasteiger partial charge in [-0.25, -0.2) is 4.98 Å². The SMILES string of the molecule is CN(C)C(=O)C1CN(c2nc3c(C(F)(F)F)cccc3s2)CCO1. The fourth-order valence-electron chi connectivity index (χ4n) is 2.56. The van der Waals surface area contributed by atoms with E-state index < -0.39 is 17.8 Å². The fraction of sp³-hybridized carbons (Fsp3) is 0.467. The highest BCUT2D eigenvalue weighted by molar-refractivity contribution is 7.22. The number of carbonyl (C=O) groups is 1. The number of hydrogen-bond acceptors (Lipinski definition) is 5. The molecule has 5 nitrogen and oxygen atoms in total. The molecule has 0 bridgehead atoms. The number of thiazole rings is 1. The monoisotopic (exact) mass is 359 g/mol. The molecule has 0 aliphatic carbocycles. The van der Waals surface area contributed by atoms with Crippen molar-refractivity contribution in [2.24, 2.45) is 0 Å². The molecule has 24 heavy (non-hydrogen) atoms. The zero-order valence-corrected chi connectivity index (χ0v) is 13.9. The number of para-hydroxylation sites is 1. The Labute approximate surface area is 140 Å². The third kappa shape index (κ3) is 3.18. The van der Waals surface area contributed by atoms with Crippen molar-refractivity contribution in [3.8, 4) is 0 Å². The van der Waals surface area contributed by atoms with E-state index in [-0.39, 0.29) is 18.0 Å². The Morgan fingerprint density at radius 3 is 2.83 bits per heavy atom. The summed E-state index contributed by atoms with van der Waals surface area (Å²) in [6, 6.07) is 4.03. The van der Waals surface area contributed by atoms with Crippen LogP contribution in [0.1, 0.15) is 5.56 Å². The zero-order chi connectivity index (χ0) is 17.5. The topological polar surface area (TPSA) is 45.7 Å². The minimum absolute atomic E-state index is 0.0491. The van der Waals surface area contributed by atoms with Crippen LogP contribution in [0.2, 0.25) is 0 Å². The standard InChI is InChI=1S/C15H16F3N3O2S/c1-20(2)13(22)10-8-21(6-7-23-10)14-19-12-9(15(16,17)18)4-3-5-11(12)24-14/h3-5,10H,6-8H2,1-2H3. The summed E-state index contributed by atoms with van der Waals surface area (Å²) in [5, 5.41) is 0.474. The molecule has 1 fully saturated rings. The van der Waals surface area contributed by atoms with E-state index in [0.717, 1.165) is 6.07 Å². The highest BCUT2D eigenvalue weighted by Crippen LogP contribution is 2.38. The number of fused-ring (bicyclic) bond motifs is 1. The number of likely N-dealkylation sites (N-methyl/N-ethyl adjacent to an activating group) is 1. The van der Waals surface area contributed by atoms with Gasteiger partial charge in [-0.2, -0.15) is 13.2 Å². The lowest BCUT2D eigenvalue weighted by Crippen LogP contribution is -2.49. The molecule has 9 heteroatoms. The number of hydrogen-bond donors (Lipinski definition) is 0. The zero-order valence-electron chi connectivity index (χ0n) is 13.1. The van der Waals surface area contributed by atoms with Crippen molar-refractivity contribution in [1.29, 1.82) is 0 Å². The Balaban J connectivity index is 1.91. The average Bonchev–Trinajstić information content (AvgIpc) is 2.97. The number of alkyl halides is 3. The Kier molecular flexibility index (Phi) is 4.39. The van der Waals surface area contributed by atoms with Gasteiger partial charge in [0.1, 0.15) is 0 Å². The summed E-state index contributed by atoms with van der Waals surface area (Å²) in [4.78, 5) is 19.5. The largest absolute Gasteiger partial charge is 0.418 e. The van der Waals surface area contributed by atoms with Crippen LogP contribution in [0.25, 0.3) is 10.2 Å². The van der Waals surface area contributed by atoms with Crippen molar-refractivity contribution in [3.63, 3.8) is 0 Å². The summed E-state index contributed by atoms with van der Waals surface area (Å²) in [6.45, 7) is 1.09. The predicted octanol–water partition coefficient (Wildman–Crippen LogP) is 2.61. The van der Waals surface area contributed by atoms with Crippen LogP contribution in [-0.2, 0) is 15.7 Å². The number of morpholine rings is 1. The number of nitrogens with zero attached hydrogens (tertiary/aromatic N) is 3. The van der Waals surface area contributed by atoms with Crippen molar-refractivity contribution < 1.29 is 22.7 Å². The lowest BCUT2D eigenvalue weighted by Gasteiger charge is -2.33. The molecule has 1 aliphatic rings. The van der Waals surface area contributed by atoms with Gasteiger partial charge in [0.05, 0.1) is 28.9 Å². The molecule has 1 saturated heterocycles. The van der Waals surface area contributed by atoms with E-state index in [9.17, 15) is 18.0 Å². The van der Waals surface area contributed by atoms with Crippen LogP contribution >= 0.6 is 11.3 Å². The number of ether oxygens (including phenoxy) is 1. The molecule has 1 aromatic carbocycles. The highest BCUT2D eigenvalue weighted by atomic mass is 32.1. The van der Waals surface area contributed by atoms with Crippen LogP contribution in [0.15, 0.2) is 18.2 Å². The molecule has 1 unspecified atom stereocenters. The van der Waals surface area contributed by atoms with Crippen LogP contribution in [-0.4, -0.2) is 55.7 Å². The molecule has 1 aromatic heterocycles. The average molecular weight is 359 g/mol. The molecular weight excluding hydrogens is 343 g/mol. The number of amides is 1. The molecule has 1 atom stereocenters. The molecule has 0 spiro atoms. The highest BCUT2D eigenvalue weighted by Gasteiger charge is 2.35. The number of rotatable bonds is 2. The molecule has 2 aromatic rings. The van der Waals surface area contributed by atoms with Gasteiger partial charge in [-0.3, -0.25) is 4.79 Å². The normalized spacial score (nSPS) is 18.9. The van der Waals surface area contributed by atoms with Gasteiger partial charge >= 0.3 is 6.18 Å². The minimum Gasteiger partial charge on any atom is -0.365 e. The second kappa shape index (κ2) is 6.21. The summed E-state index contributed by atoms with van der Waals surface area (Å²) >= 11 is 1.19. The van der Waals surface area contributed by atoms with Gasteiger partial charge in [0.15, 0.2) is 11.2 Å². The Hall–Kier alpha value is -1.87. The molecule has 3 rings (SSSR count). The predicted molar refractivity (Wildman–Crippen MR) is 85.3 cm³/mol. The van der Waals surface area contributed by atoms with Gasteiger partial charge in [0, 0.05) is 20.6 Å². The number of benzene rings is 1. The summed E-state index contributed by atoms with van der Waals surface area (Å²) in [6.07, 6.45) is -5.08. The van der Waals surface area contributed by atoms with E-state index in [1.165, 1.54) is 22.3 Å². The molecule has 0 saturated carbocycles. The summed E-state index contributed by atoms with van der Waals surface area (Å²) in [5.41, 5.74) is -0.788. The Morgan fingerprint density at radius 1 is 1.42 bits per heavy atom. The quantitative estimate of drug-likeness (QED) is 0.827. The molecular formula is C15H16F3N3O2S. The van der Waals surface area contributed by atoms with Crippen molar-refractivity contribution in [2.45, 2.75) is 12.3 Å². The Morgan fingerprint density at radius 2 is 2.17 bits per heavy atom. The first-order chi connectivity index (χ1) is 11.3. The van der Waals surface area contributed by atoms with Crippen LogP contribution in [0.4, 0.5) is 18.3 Å². The van der Waals surface area contributed by atoms with Crippen molar-refractivity contribution in [3.05, 3.63) is 23.8 Å². The summed E-state index contributed by atoms with van der Waals surface area (Å²) in [7, 11) is 3.27. The first-order valence-corrected chi connectivity index (χ1v) is 8.13.